The Kier molecular flexibility index (Phi) is 5.75. The van der Waals surface area contributed by atoms with Crippen molar-refractivity contribution in [3.05, 3.63) is 33.9 Å². The van der Waals surface area contributed by atoms with Crippen molar-refractivity contribution in [1.29, 1.82) is 0 Å². The second-order valence-electron chi connectivity index (χ2n) is 6.51. The maximum absolute atomic E-state index is 12.7. The summed E-state index contributed by atoms with van der Waals surface area (Å²) in [6.45, 7) is 5.63. The number of esters is 1. The van der Waals surface area contributed by atoms with Crippen molar-refractivity contribution in [3.63, 3.8) is 0 Å². The highest BCUT2D eigenvalue weighted by atomic mass is 35.5. The van der Waals surface area contributed by atoms with Crippen LogP contribution in [0.1, 0.15) is 24.3 Å². The van der Waals surface area contributed by atoms with E-state index in [1.807, 2.05) is 13.8 Å². The smallest absolute Gasteiger partial charge is 0.357 e. The second kappa shape index (κ2) is 7.86. The van der Waals surface area contributed by atoms with Gasteiger partial charge in [-0.25, -0.2) is 4.79 Å². The number of morpholine rings is 1. The van der Waals surface area contributed by atoms with Crippen LogP contribution in [0.4, 0.5) is 0 Å². The molecule has 0 aliphatic carbocycles. The summed E-state index contributed by atoms with van der Waals surface area (Å²) < 4.78 is 10.8. The Bertz CT molecular complexity index is 828. The van der Waals surface area contributed by atoms with E-state index in [2.05, 4.69) is 4.98 Å². The zero-order valence-corrected chi connectivity index (χ0v) is 16.1. The lowest BCUT2D eigenvalue weighted by molar-refractivity contribution is -0.147. The van der Waals surface area contributed by atoms with Gasteiger partial charge in [-0.1, -0.05) is 37.0 Å². The number of amides is 1. The number of H-pyrrole nitrogens is 1. The van der Waals surface area contributed by atoms with E-state index in [1.54, 1.807) is 23.1 Å². The Hall–Kier alpha value is -1.76. The Morgan fingerprint density at radius 3 is 2.58 bits per heavy atom. The monoisotopic (exact) mass is 398 g/mol. The Morgan fingerprint density at radius 2 is 1.92 bits per heavy atom. The highest BCUT2D eigenvalue weighted by molar-refractivity contribution is 6.39. The van der Waals surface area contributed by atoms with E-state index in [0.29, 0.717) is 42.2 Å². The predicted octanol–water partition coefficient (Wildman–Crippen LogP) is 3.51. The van der Waals surface area contributed by atoms with Crippen molar-refractivity contribution in [2.45, 2.75) is 20.0 Å². The van der Waals surface area contributed by atoms with Gasteiger partial charge < -0.3 is 19.4 Å². The summed E-state index contributed by atoms with van der Waals surface area (Å²) in [4.78, 5) is 30.0. The maximum Gasteiger partial charge on any atom is 0.357 e. The number of carbonyl (C=O) groups excluding carboxylic acids is 2. The molecule has 140 valence electrons. The van der Waals surface area contributed by atoms with E-state index < -0.39 is 12.1 Å². The van der Waals surface area contributed by atoms with Crippen LogP contribution in [-0.2, 0) is 14.3 Å². The molecule has 1 aromatic carbocycles. The van der Waals surface area contributed by atoms with Crippen molar-refractivity contribution in [1.82, 2.24) is 9.88 Å². The van der Waals surface area contributed by atoms with Gasteiger partial charge >= 0.3 is 5.97 Å². The van der Waals surface area contributed by atoms with E-state index in [4.69, 9.17) is 32.7 Å². The fraction of sp³-hybridized carbons (Fsp3) is 0.444. The van der Waals surface area contributed by atoms with Gasteiger partial charge in [0.05, 0.1) is 18.2 Å². The van der Waals surface area contributed by atoms with Gasteiger partial charge in [0.25, 0.3) is 5.91 Å². The van der Waals surface area contributed by atoms with Gasteiger partial charge in [0.15, 0.2) is 6.10 Å². The summed E-state index contributed by atoms with van der Waals surface area (Å²) in [5.41, 5.74) is 0.788. The highest BCUT2D eigenvalue weighted by Crippen LogP contribution is 2.30. The minimum Gasteiger partial charge on any atom is -0.447 e. The van der Waals surface area contributed by atoms with Gasteiger partial charge in [-0.2, -0.15) is 0 Å². The van der Waals surface area contributed by atoms with Crippen LogP contribution >= 0.6 is 23.2 Å². The Morgan fingerprint density at radius 1 is 1.23 bits per heavy atom. The van der Waals surface area contributed by atoms with Crippen LogP contribution in [-0.4, -0.2) is 54.2 Å². The molecule has 1 aliphatic rings. The first-order chi connectivity index (χ1) is 12.4. The summed E-state index contributed by atoms with van der Waals surface area (Å²) in [6.07, 6.45) is -0.883. The molecular weight excluding hydrogens is 379 g/mol. The molecule has 0 saturated carbocycles. The lowest BCUT2D eigenvalue weighted by Crippen LogP contribution is -2.48. The maximum atomic E-state index is 12.7. The number of nitrogens with one attached hydrogen (secondary N) is 1. The number of halogens is 2. The van der Waals surface area contributed by atoms with Gasteiger partial charge in [0.2, 0.25) is 0 Å². The molecule has 1 aromatic heterocycles. The molecule has 1 N–H and O–H groups in total. The number of nitrogens with zero attached hydrogens (tertiary/aromatic N) is 1. The minimum atomic E-state index is -0.883. The topological polar surface area (TPSA) is 71.6 Å². The molecule has 2 aromatic rings. The van der Waals surface area contributed by atoms with Crippen LogP contribution in [0.3, 0.4) is 0 Å². The number of ether oxygens (including phenoxy) is 2. The number of aromatic nitrogens is 1. The summed E-state index contributed by atoms with van der Waals surface area (Å²) in [5, 5.41) is 1.38. The summed E-state index contributed by atoms with van der Waals surface area (Å²) in [5.74, 6) is -1.05. The van der Waals surface area contributed by atoms with E-state index in [0.717, 1.165) is 0 Å². The SMILES string of the molecule is CC(C)[C@H](OC(=O)c1[nH]c2ccc(Cl)cc2c1Cl)C(=O)N1CCOCC1. The molecule has 2 heterocycles. The van der Waals surface area contributed by atoms with Gasteiger partial charge in [0.1, 0.15) is 5.69 Å². The molecule has 0 bridgehead atoms. The van der Waals surface area contributed by atoms with Crippen molar-refractivity contribution >= 4 is 46.0 Å². The van der Waals surface area contributed by atoms with E-state index >= 15 is 0 Å². The summed E-state index contributed by atoms with van der Waals surface area (Å²) >= 11 is 12.3. The number of hydrogen-bond donors (Lipinski definition) is 1. The van der Waals surface area contributed by atoms with Gasteiger partial charge in [-0.3, -0.25) is 4.79 Å². The molecule has 1 fully saturated rings. The quantitative estimate of drug-likeness (QED) is 0.799. The average molecular weight is 399 g/mol. The molecular formula is C18H20Cl2N2O4. The highest BCUT2D eigenvalue weighted by Gasteiger charge is 2.33. The minimum absolute atomic E-state index is 0.115. The van der Waals surface area contributed by atoms with Crippen LogP contribution < -0.4 is 0 Å². The lowest BCUT2D eigenvalue weighted by Gasteiger charge is -2.31. The third kappa shape index (κ3) is 3.82. The van der Waals surface area contributed by atoms with Crippen LogP contribution in [0.5, 0.6) is 0 Å². The first-order valence-corrected chi connectivity index (χ1v) is 9.18. The number of benzene rings is 1. The largest absolute Gasteiger partial charge is 0.447 e. The molecule has 8 heteroatoms. The Labute approximate surface area is 161 Å². The predicted molar refractivity (Wildman–Crippen MR) is 99.8 cm³/mol. The van der Waals surface area contributed by atoms with E-state index in [9.17, 15) is 9.59 Å². The van der Waals surface area contributed by atoms with Crippen molar-refractivity contribution in [2.24, 2.45) is 5.92 Å². The number of aromatic amines is 1. The number of carbonyl (C=O) groups is 2. The standard InChI is InChI=1S/C18H20Cl2N2O4/c1-10(2)16(17(23)22-5-7-25-8-6-22)26-18(24)15-14(20)12-9-11(19)3-4-13(12)21-15/h3-4,9-10,16,21H,5-8H2,1-2H3/t16-/m0/s1. The molecule has 0 radical (unpaired) electrons. The fourth-order valence-electron chi connectivity index (χ4n) is 2.88. The molecule has 1 amide bonds. The van der Waals surface area contributed by atoms with Crippen molar-refractivity contribution in [3.8, 4) is 0 Å². The van der Waals surface area contributed by atoms with Crippen LogP contribution in [0, 0.1) is 5.92 Å². The molecule has 3 rings (SSSR count). The molecule has 1 atom stereocenters. The molecule has 0 unspecified atom stereocenters. The molecule has 1 saturated heterocycles. The third-order valence-electron chi connectivity index (χ3n) is 4.31. The van der Waals surface area contributed by atoms with Gasteiger partial charge in [-0.15, -0.1) is 0 Å². The summed E-state index contributed by atoms with van der Waals surface area (Å²) in [7, 11) is 0. The van der Waals surface area contributed by atoms with Crippen molar-refractivity contribution in [2.75, 3.05) is 26.3 Å². The zero-order chi connectivity index (χ0) is 18.8. The van der Waals surface area contributed by atoms with Crippen LogP contribution in [0.15, 0.2) is 18.2 Å². The Balaban J connectivity index is 1.82. The third-order valence-corrected chi connectivity index (χ3v) is 4.93. The number of rotatable bonds is 4. The average Bonchev–Trinajstić information content (AvgIpc) is 2.96. The fourth-order valence-corrected chi connectivity index (χ4v) is 3.33. The van der Waals surface area contributed by atoms with Crippen molar-refractivity contribution < 1.29 is 19.1 Å². The normalized spacial score (nSPS) is 16.1. The summed E-state index contributed by atoms with van der Waals surface area (Å²) in [6, 6.07) is 5.11. The van der Waals surface area contributed by atoms with E-state index in [-0.39, 0.29) is 22.5 Å². The first kappa shape index (κ1) is 19.0. The molecule has 1 aliphatic heterocycles. The van der Waals surface area contributed by atoms with E-state index in [1.165, 1.54) is 0 Å². The van der Waals surface area contributed by atoms with Crippen LogP contribution in [0.2, 0.25) is 10.0 Å². The molecule has 26 heavy (non-hydrogen) atoms. The number of hydrogen-bond acceptors (Lipinski definition) is 4. The van der Waals surface area contributed by atoms with Gasteiger partial charge in [0, 0.05) is 29.0 Å². The zero-order valence-electron chi connectivity index (χ0n) is 14.6. The lowest BCUT2D eigenvalue weighted by atomic mass is 10.1. The first-order valence-electron chi connectivity index (χ1n) is 8.42. The number of fused-ring (bicyclic) bond motifs is 1. The molecule has 6 nitrogen and oxygen atoms in total. The van der Waals surface area contributed by atoms with Crippen LogP contribution in [0.25, 0.3) is 10.9 Å². The molecule has 0 spiro atoms. The van der Waals surface area contributed by atoms with Gasteiger partial charge in [-0.05, 0) is 24.1 Å². The second-order valence-corrected chi connectivity index (χ2v) is 7.33.